The number of para-hydroxylation sites is 4. The molecule has 0 spiro atoms. The molecule has 1 aliphatic rings. The van der Waals surface area contributed by atoms with E-state index >= 15 is 0 Å². The number of imidazole rings is 1. The summed E-state index contributed by atoms with van der Waals surface area (Å²) in [6.45, 7) is 13.7. The van der Waals surface area contributed by atoms with Crippen molar-refractivity contribution >= 4 is 76.6 Å². The molecule has 416 valence electrons. The number of ether oxygens (including phenoxy) is 1. The maximum atomic E-state index is 7.07. The molecule has 0 amide bonds. The highest BCUT2D eigenvalue weighted by Gasteiger charge is 2.31. The summed E-state index contributed by atoms with van der Waals surface area (Å²) in [5, 5.41) is 6.86. The first-order valence-electron chi connectivity index (χ1n) is 30.0. The highest BCUT2D eigenvalue weighted by molar-refractivity contribution is 6.12. The van der Waals surface area contributed by atoms with E-state index in [9.17, 15) is 0 Å². The Balaban J connectivity index is 0.947. The summed E-state index contributed by atoms with van der Waals surface area (Å²) in [5.74, 6) is 2.28. The molecule has 17 rings (SSSR count). The van der Waals surface area contributed by atoms with E-state index in [0.717, 1.165) is 139 Å². The Hall–Kier alpha value is -10.8. The molecule has 0 radical (unpaired) electrons. The zero-order valence-electron chi connectivity index (χ0n) is 49.2. The molecule has 5 aromatic heterocycles. The van der Waals surface area contributed by atoms with E-state index < -0.39 is 0 Å². The number of aromatic nitrogens is 5. The van der Waals surface area contributed by atoms with Crippen molar-refractivity contribution in [1.29, 1.82) is 0 Å². The van der Waals surface area contributed by atoms with Crippen LogP contribution in [0, 0.1) is 6.33 Å². The Morgan fingerprint density at radius 1 is 0.402 bits per heavy atom. The maximum Gasteiger partial charge on any atom is 0.269 e. The van der Waals surface area contributed by atoms with Crippen LogP contribution in [0.15, 0.2) is 253 Å². The minimum Gasteiger partial charge on any atom is -0.458 e. The Morgan fingerprint density at radius 3 is 1.68 bits per heavy atom. The van der Waals surface area contributed by atoms with Crippen LogP contribution < -0.4 is 9.30 Å². The van der Waals surface area contributed by atoms with E-state index in [4.69, 9.17) is 14.1 Å². The summed E-state index contributed by atoms with van der Waals surface area (Å²) in [6, 6.07) is 88.0. The molecule has 0 aliphatic carbocycles. The predicted octanol–water partition coefficient (Wildman–Crippen LogP) is 20.6. The average Bonchev–Trinajstić information content (AvgIpc) is 1.74. The second-order valence-corrected chi connectivity index (χ2v) is 25.4. The van der Waals surface area contributed by atoms with Gasteiger partial charge in [0.2, 0.25) is 0 Å². The number of pyridine rings is 1. The van der Waals surface area contributed by atoms with Crippen molar-refractivity contribution in [3.8, 4) is 78.9 Å². The largest absolute Gasteiger partial charge is 0.458 e. The Kier molecular flexibility index (Phi) is 11.0. The fourth-order valence-corrected chi connectivity index (χ4v) is 13.7. The van der Waals surface area contributed by atoms with Crippen LogP contribution in [0.2, 0.25) is 0 Å². The molecule has 0 N–H and O–H groups in total. The minimum atomic E-state index is -0.215. The molecule has 0 atom stereocenters. The van der Waals surface area contributed by atoms with Gasteiger partial charge in [-0.1, -0.05) is 187 Å². The van der Waals surface area contributed by atoms with Gasteiger partial charge in [0, 0.05) is 44.6 Å². The van der Waals surface area contributed by atoms with E-state index in [1.807, 2.05) is 24.4 Å². The SMILES string of the molecule is CC(C)(C)c1ccnc(-n2c3ccccc3c3ccc(Oc4cccc(-n5[c-][n+]6c7c(cc(-c8ccc9oc%10ccccc%10c9c8)cc75)-c5ccccc5-c5ccccc5-c5cc(C(C)(C)C)cc(-n7c8ccccc8c8ccccc87)c5-6)c4)cc32)c1. The second kappa shape index (κ2) is 18.9. The van der Waals surface area contributed by atoms with E-state index in [0.29, 0.717) is 5.75 Å². The lowest BCUT2D eigenvalue weighted by Gasteiger charge is -2.26. The van der Waals surface area contributed by atoms with Crippen LogP contribution in [0.1, 0.15) is 52.7 Å². The van der Waals surface area contributed by atoms with E-state index in [1.54, 1.807) is 0 Å². The lowest BCUT2D eigenvalue weighted by Crippen LogP contribution is -2.33. The van der Waals surface area contributed by atoms with Gasteiger partial charge < -0.3 is 13.7 Å². The summed E-state index contributed by atoms with van der Waals surface area (Å²) in [5.41, 5.74) is 22.2. The van der Waals surface area contributed by atoms with Crippen molar-refractivity contribution in [2.75, 3.05) is 0 Å². The van der Waals surface area contributed by atoms with Gasteiger partial charge in [-0.25, -0.2) is 4.98 Å². The monoisotopic (exact) mass is 1120 g/mol. The molecule has 0 saturated carbocycles. The molecular formula is C80H59N5O2. The van der Waals surface area contributed by atoms with Crippen molar-refractivity contribution < 1.29 is 13.7 Å². The third kappa shape index (κ3) is 7.96. The van der Waals surface area contributed by atoms with Gasteiger partial charge in [0.1, 0.15) is 28.5 Å². The second-order valence-electron chi connectivity index (χ2n) is 25.4. The zero-order valence-corrected chi connectivity index (χ0v) is 49.2. The molecular weight excluding hydrogens is 1060 g/mol. The molecule has 0 saturated heterocycles. The third-order valence-electron chi connectivity index (χ3n) is 18.0. The van der Waals surface area contributed by atoms with Gasteiger partial charge >= 0.3 is 0 Å². The standard InChI is InChI=1S/C80H59N5O2/c1-79(2,3)51-38-39-81-76(45-51)85-70-32-17-13-28-62(70)63-36-35-55(47-71(63)85)86-54-21-19-20-53(46-54)82-48-83-77-66(41-50(42-72(77)82)49-34-37-75-65(40-49)64-29-14-18-33-74(64)87-75)58-24-9-7-22-56(58)57-23-8-10-25-59(57)67-43-52(80(4,5)6)44-73(78(67)83)84-68-30-15-11-26-60(68)61-27-12-16-31-69(61)84/h7-47H,1-6H3. The predicted molar refractivity (Wildman–Crippen MR) is 357 cm³/mol. The number of benzene rings is 11. The highest BCUT2D eigenvalue weighted by atomic mass is 16.5. The fourth-order valence-electron chi connectivity index (χ4n) is 13.7. The first-order valence-corrected chi connectivity index (χ1v) is 30.0. The van der Waals surface area contributed by atoms with Crippen LogP contribution in [0.4, 0.5) is 0 Å². The van der Waals surface area contributed by atoms with E-state index in [1.165, 1.54) is 21.9 Å². The number of furan rings is 1. The average molecular weight is 1120 g/mol. The highest BCUT2D eigenvalue weighted by Crippen LogP contribution is 2.48. The van der Waals surface area contributed by atoms with Crippen molar-refractivity contribution in [3.05, 3.63) is 266 Å². The van der Waals surface area contributed by atoms with Crippen LogP contribution in [0.25, 0.3) is 144 Å². The normalized spacial score (nSPS) is 12.5. The molecule has 0 fully saturated rings. The molecule has 87 heavy (non-hydrogen) atoms. The first-order chi connectivity index (χ1) is 42.4. The van der Waals surface area contributed by atoms with E-state index in [2.05, 4.69) is 291 Å². The lowest BCUT2D eigenvalue weighted by atomic mass is 9.83. The van der Waals surface area contributed by atoms with Crippen LogP contribution in [-0.2, 0) is 10.8 Å². The number of nitrogens with zero attached hydrogens (tertiary/aromatic N) is 5. The molecule has 7 heteroatoms. The van der Waals surface area contributed by atoms with Gasteiger partial charge in [-0.05, 0) is 157 Å². The molecule has 7 nitrogen and oxygen atoms in total. The number of hydrogen-bond acceptors (Lipinski definition) is 3. The van der Waals surface area contributed by atoms with Gasteiger partial charge in [0.15, 0.2) is 0 Å². The number of rotatable bonds is 6. The Bertz CT molecular complexity index is 5480. The van der Waals surface area contributed by atoms with Gasteiger partial charge in [-0.15, -0.1) is 0 Å². The van der Waals surface area contributed by atoms with Crippen molar-refractivity contribution in [2.24, 2.45) is 0 Å². The number of fused-ring (bicyclic) bond motifs is 16. The van der Waals surface area contributed by atoms with Crippen LogP contribution in [0.3, 0.4) is 0 Å². The quantitative estimate of drug-likeness (QED) is 0.123. The van der Waals surface area contributed by atoms with Crippen molar-refractivity contribution in [2.45, 2.75) is 52.4 Å². The summed E-state index contributed by atoms with van der Waals surface area (Å²) < 4.78 is 22.9. The summed E-state index contributed by atoms with van der Waals surface area (Å²) in [6.07, 6.45) is 6.08. The molecule has 0 bridgehead atoms. The Morgan fingerprint density at radius 2 is 0.989 bits per heavy atom. The van der Waals surface area contributed by atoms with Crippen LogP contribution in [-0.4, -0.2) is 18.7 Å². The topological polar surface area (TPSA) is 53.9 Å². The molecule has 1 aliphatic heterocycles. The fraction of sp³-hybridized carbons (Fsp3) is 0.100. The van der Waals surface area contributed by atoms with Gasteiger partial charge in [-0.2, -0.15) is 0 Å². The first kappa shape index (κ1) is 50.7. The lowest BCUT2D eigenvalue weighted by molar-refractivity contribution is -0.571. The summed E-state index contributed by atoms with van der Waals surface area (Å²) in [4.78, 5) is 4.97. The Labute approximate surface area is 503 Å². The van der Waals surface area contributed by atoms with Gasteiger partial charge in [0.25, 0.3) is 6.33 Å². The molecule has 6 heterocycles. The minimum absolute atomic E-state index is 0.0518. The smallest absolute Gasteiger partial charge is 0.269 e. The van der Waals surface area contributed by atoms with E-state index in [-0.39, 0.29) is 10.8 Å². The summed E-state index contributed by atoms with van der Waals surface area (Å²) >= 11 is 0. The molecule has 16 aromatic rings. The number of hydrogen-bond donors (Lipinski definition) is 0. The third-order valence-corrected chi connectivity index (χ3v) is 18.0. The van der Waals surface area contributed by atoms with Crippen LogP contribution in [0.5, 0.6) is 11.5 Å². The van der Waals surface area contributed by atoms with Gasteiger partial charge in [-0.3, -0.25) is 13.7 Å². The van der Waals surface area contributed by atoms with Crippen molar-refractivity contribution in [1.82, 2.24) is 18.7 Å². The zero-order chi connectivity index (χ0) is 58.4. The van der Waals surface area contributed by atoms with Crippen LogP contribution >= 0.6 is 0 Å². The maximum absolute atomic E-state index is 7.07. The summed E-state index contributed by atoms with van der Waals surface area (Å²) in [7, 11) is 0. The molecule has 0 unspecified atom stereocenters. The van der Waals surface area contributed by atoms with Crippen molar-refractivity contribution in [3.63, 3.8) is 0 Å². The van der Waals surface area contributed by atoms with Gasteiger partial charge in [0.05, 0.1) is 50.2 Å². The molecule has 11 aromatic carbocycles.